The van der Waals surface area contributed by atoms with Gasteiger partial charge in [0.15, 0.2) is 0 Å². The van der Waals surface area contributed by atoms with Crippen molar-refractivity contribution in [2.45, 2.75) is 4.90 Å². The number of hydrogen-bond acceptors (Lipinski definition) is 4. The van der Waals surface area contributed by atoms with Gasteiger partial charge in [-0.15, -0.1) is 0 Å². The van der Waals surface area contributed by atoms with E-state index in [4.69, 9.17) is 11.6 Å². The number of hydrazone groups is 1. The molecule has 1 aromatic heterocycles. The molecule has 0 spiro atoms. The lowest BCUT2D eigenvalue weighted by Crippen LogP contribution is -2.27. The SMILES string of the molecule is O=C(N/N=C/c1ccccn1)NSc1ccc(Cl)cc1. The van der Waals surface area contributed by atoms with Crippen molar-refractivity contribution in [3.05, 3.63) is 59.4 Å². The van der Waals surface area contributed by atoms with Gasteiger partial charge in [-0.1, -0.05) is 17.7 Å². The smallest absolute Gasteiger partial charge is 0.276 e. The zero-order valence-electron chi connectivity index (χ0n) is 10.3. The van der Waals surface area contributed by atoms with Crippen LogP contribution in [0.15, 0.2) is 58.7 Å². The molecule has 0 bridgehead atoms. The molecule has 20 heavy (non-hydrogen) atoms. The van der Waals surface area contributed by atoms with Crippen molar-refractivity contribution in [2.24, 2.45) is 5.10 Å². The second-order valence-corrected chi connectivity index (χ2v) is 4.93. The van der Waals surface area contributed by atoms with Crippen molar-refractivity contribution in [1.82, 2.24) is 15.1 Å². The Hall–Kier alpha value is -2.05. The highest BCUT2D eigenvalue weighted by atomic mass is 35.5. The molecule has 7 heteroatoms. The monoisotopic (exact) mass is 306 g/mol. The Morgan fingerprint density at radius 1 is 1.25 bits per heavy atom. The van der Waals surface area contributed by atoms with Gasteiger partial charge in [-0.3, -0.25) is 9.71 Å². The van der Waals surface area contributed by atoms with Gasteiger partial charge in [-0.25, -0.2) is 10.2 Å². The van der Waals surface area contributed by atoms with Crippen LogP contribution in [0.5, 0.6) is 0 Å². The van der Waals surface area contributed by atoms with Gasteiger partial charge in [0.2, 0.25) is 0 Å². The molecular weight excluding hydrogens is 296 g/mol. The van der Waals surface area contributed by atoms with Crippen LogP contribution in [0, 0.1) is 0 Å². The normalized spacial score (nSPS) is 10.4. The number of hydrogen-bond donors (Lipinski definition) is 2. The van der Waals surface area contributed by atoms with Crippen LogP contribution in [0.4, 0.5) is 4.79 Å². The van der Waals surface area contributed by atoms with E-state index in [0.717, 1.165) is 4.90 Å². The number of carbonyl (C=O) groups excluding carboxylic acids is 1. The molecule has 2 aromatic rings. The molecule has 0 aliphatic carbocycles. The van der Waals surface area contributed by atoms with Crippen molar-refractivity contribution in [2.75, 3.05) is 0 Å². The number of nitrogens with zero attached hydrogens (tertiary/aromatic N) is 2. The first-order valence-corrected chi connectivity index (χ1v) is 6.86. The minimum Gasteiger partial charge on any atom is -0.276 e. The van der Waals surface area contributed by atoms with Crippen molar-refractivity contribution in [3.63, 3.8) is 0 Å². The Morgan fingerprint density at radius 3 is 2.75 bits per heavy atom. The van der Waals surface area contributed by atoms with Crippen molar-refractivity contribution < 1.29 is 4.79 Å². The average Bonchev–Trinajstić information content (AvgIpc) is 2.48. The number of rotatable bonds is 4. The predicted molar refractivity (Wildman–Crippen MR) is 80.8 cm³/mol. The van der Waals surface area contributed by atoms with E-state index < -0.39 is 6.03 Å². The molecule has 0 saturated heterocycles. The molecule has 1 heterocycles. The van der Waals surface area contributed by atoms with Gasteiger partial charge >= 0.3 is 6.03 Å². The molecule has 102 valence electrons. The van der Waals surface area contributed by atoms with Gasteiger partial charge < -0.3 is 0 Å². The summed E-state index contributed by atoms with van der Waals surface area (Å²) in [5.74, 6) is 0. The summed E-state index contributed by atoms with van der Waals surface area (Å²) in [6, 6.07) is 12.1. The van der Waals surface area contributed by atoms with E-state index in [0.29, 0.717) is 10.7 Å². The van der Waals surface area contributed by atoms with E-state index in [1.807, 2.05) is 18.2 Å². The van der Waals surface area contributed by atoms with E-state index in [2.05, 4.69) is 20.2 Å². The van der Waals surface area contributed by atoms with Gasteiger partial charge in [-0.05, 0) is 48.3 Å². The highest BCUT2D eigenvalue weighted by Crippen LogP contribution is 2.17. The minimum absolute atomic E-state index is 0.419. The molecule has 0 aliphatic rings. The summed E-state index contributed by atoms with van der Waals surface area (Å²) in [4.78, 5) is 16.4. The predicted octanol–water partition coefficient (Wildman–Crippen LogP) is 3.08. The summed E-state index contributed by atoms with van der Waals surface area (Å²) >= 11 is 6.94. The summed E-state index contributed by atoms with van der Waals surface area (Å²) in [6.07, 6.45) is 3.12. The minimum atomic E-state index is -0.419. The largest absolute Gasteiger partial charge is 0.345 e. The van der Waals surface area contributed by atoms with Crippen LogP contribution in [-0.4, -0.2) is 17.2 Å². The van der Waals surface area contributed by atoms with Crippen LogP contribution in [0.3, 0.4) is 0 Å². The third kappa shape index (κ3) is 4.91. The van der Waals surface area contributed by atoms with Gasteiger partial charge in [0.1, 0.15) is 0 Å². The Bertz CT molecular complexity index is 589. The standard InChI is InChI=1S/C13H11ClN4OS/c14-10-4-6-12(7-5-10)20-18-13(19)17-16-9-11-3-1-2-8-15-11/h1-9H,(H2,17,18,19)/b16-9+. The highest BCUT2D eigenvalue weighted by molar-refractivity contribution is 7.98. The first-order chi connectivity index (χ1) is 9.74. The van der Waals surface area contributed by atoms with E-state index in [1.54, 1.807) is 30.5 Å². The Morgan fingerprint density at radius 2 is 2.05 bits per heavy atom. The van der Waals surface area contributed by atoms with Gasteiger partial charge in [0.25, 0.3) is 0 Å². The molecule has 0 unspecified atom stereocenters. The number of urea groups is 1. The molecule has 5 nitrogen and oxygen atoms in total. The number of pyridine rings is 1. The summed E-state index contributed by atoms with van der Waals surface area (Å²) in [5.41, 5.74) is 3.01. The second kappa shape index (κ2) is 7.52. The molecule has 0 aliphatic heterocycles. The van der Waals surface area contributed by atoms with Crippen LogP contribution < -0.4 is 10.1 Å². The van der Waals surface area contributed by atoms with Crippen LogP contribution >= 0.6 is 23.5 Å². The molecule has 2 rings (SSSR count). The summed E-state index contributed by atoms with van der Waals surface area (Å²) in [5, 5.41) is 4.44. The first kappa shape index (κ1) is 14.4. The number of halogens is 1. The fourth-order valence-electron chi connectivity index (χ4n) is 1.24. The van der Waals surface area contributed by atoms with Crippen LogP contribution in [0.1, 0.15) is 5.69 Å². The second-order valence-electron chi connectivity index (χ2n) is 3.61. The maximum absolute atomic E-state index is 11.5. The quantitative estimate of drug-likeness (QED) is 0.518. The van der Waals surface area contributed by atoms with E-state index in [-0.39, 0.29) is 0 Å². The lowest BCUT2D eigenvalue weighted by molar-refractivity contribution is 0.247. The number of benzene rings is 1. The molecule has 0 radical (unpaired) electrons. The van der Waals surface area contributed by atoms with E-state index >= 15 is 0 Å². The molecule has 0 fully saturated rings. The fourth-order valence-corrected chi connectivity index (χ4v) is 1.89. The fraction of sp³-hybridized carbons (Fsp3) is 0. The zero-order chi connectivity index (χ0) is 14.2. The lowest BCUT2D eigenvalue weighted by atomic mass is 10.4. The third-order valence-electron chi connectivity index (χ3n) is 2.13. The van der Waals surface area contributed by atoms with E-state index in [9.17, 15) is 4.79 Å². The molecular formula is C13H11ClN4OS. The summed E-state index contributed by atoms with van der Waals surface area (Å²) in [6.45, 7) is 0. The number of amides is 2. The molecule has 2 N–H and O–H groups in total. The maximum atomic E-state index is 11.5. The summed E-state index contributed by atoms with van der Waals surface area (Å²) < 4.78 is 2.59. The summed E-state index contributed by atoms with van der Waals surface area (Å²) in [7, 11) is 0. The Labute approximate surface area is 125 Å². The van der Waals surface area contributed by atoms with E-state index in [1.165, 1.54) is 18.2 Å². The van der Waals surface area contributed by atoms with Crippen molar-refractivity contribution in [3.8, 4) is 0 Å². The van der Waals surface area contributed by atoms with Crippen molar-refractivity contribution >= 4 is 35.8 Å². The topological polar surface area (TPSA) is 66.4 Å². The van der Waals surface area contributed by atoms with Gasteiger partial charge in [0, 0.05) is 16.1 Å². The van der Waals surface area contributed by atoms with Gasteiger partial charge in [-0.2, -0.15) is 5.10 Å². The van der Waals surface area contributed by atoms with Gasteiger partial charge in [0.05, 0.1) is 11.9 Å². The maximum Gasteiger partial charge on any atom is 0.345 e. The third-order valence-corrected chi connectivity index (χ3v) is 3.17. The van der Waals surface area contributed by atoms with Crippen LogP contribution in [0.25, 0.3) is 0 Å². The van der Waals surface area contributed by atoms with Crippen LogP contribution in [0.2, 0.25) is 5.02 Å². The Kier molecular flexibility index (Phi) is 5.40. The average molecular weight is 307 g/mol. The van der Waals surface area contributed by atoms with Crippen LogP contribution in [-0.2, 0) is 0 Å². The molecule has 2 amide bonds. The zero-order valence-corrected chi connectivity index (χ0v) is 11.9. The number of carbonyl (C=O) groups is 1. The molecule has 0 atom stereocenters. The molecule has 0 saturated carbocycles. The number of nitrogens with one attached hydrogen (secondary N) is 2. The first-order valence-electron chi connectivity index (χ1n) is 5.66. The lowest BCUT2D eigenvalue weighted by Gasteiger charge is -2.03. The number of aromatic nitrogens is 1. The van der Waals surface area contributed by atoms with Crippen molar-refractivity contribution in [1.29, 1.82) is 0 Å². The molecule has 1 aromatic carbocycles. The Balaban J connectivity index is 1.76. The highest BCUT2D eigenvalue weighted by Gasteiger charge is 1.99.